The predicted molar refractivity (Wildman–Crippen MR) is 79.3 cm³/mol. The monoisotopic (exact) mass is 282 g/mol. The second-order valence-electron chi connectivity index (χ2n) is 4.48. The van der Waals surface area contributed by atoms with Gasteiger partial charge in [0.1, 0.15) is 5.75 Å². The van der Waals surface area contributed by atoms with E-state index in [9.17, 15) is 0 Å². The third kappa shape index (κ3) is 3.11. The van der Waals surface area contributed by atoms with E-state index in [1.54, 1.807) is 36.4 Å². The number of nitrogens with zero attached hydrogens (tertiary/aromatic N) is 2. The van der Waals surface area contributed by atoms with Gasteiger partial charge in [0.25, 0.3) is 5.89 Å². The second kappa shape index (κ2) is 5.54. The largest absolute Gasteiger partial charge is 0.484 e. The van der Waals surface area contributed by atoms with Gasteiger partial charge < -0.3 is 20.6 Å². The number of rotatable bonds is 4. The molecule has 4 N–H and O–H groups in total. The smallest absolute Gasteiger partial charge is 0.254 e. The number of hydrogen-bond acceptors (Lipinski definition) is 6. The van der Waals surface area contributed by atoms with Gasteiger partial charge in [0.15, 0.2) is 6.61 Å². The van der Waals surface area contributed by atoms with Gasteiger partial charge in [-0.15, -0.1) is 10.2 Å². The summed E-state index contributed by atoms with van der Waals surface area (Å²) >= 11 is 0. The van der Waals surface area contributed by atoms with Crippen molar-refractivity contribution in [3.05, 3.63) is 54.4 Å². The molecule has 0 aliphatic rings. The maximum absolute atomic E-state index is 5.64. The lowest BCUT2D eigenvalue weighted by Gasteiger charge is -2.02. The molecule has 106 valence electrons. The van der Waals surface area contributed by atoms with Crippen molar-refractivity contribution in [3.8, 4) is 17.2 Å². The minimum absolute atomic E-state index is 0.200. The third-order valence-corrected chi connectivity index (χ3v) is 2.87. The Kier molecular flexibility index (Phi) is 3.42. The van der Waals surface area contributed by atoms with Crippen LogP contribution in [-0.2, 0) is 6.61 Å². The van der Waals surface area contributed by atoms with Crippen molar-refractivity contribution in [2.24, 2.45) is 0 Å². The Labute approximate surface area is 121 Å². The lowest BCUT2D eigenvalue weighted by atomic mass is 10.2. The summed E-state index contributed by atoms with van der Waals surface area (Å²) in [7, 11) is 0. The molecule has 0 aliphatic heterocycles. The van der Waals surface area contributed by atoms with Crippen LogP contribution in [0.4, 0.5) is 11.4 Å². The van der Waals surface area contributed by atoms with Crippen LogP contribution in [0.1, 0.15) is 5.89 Å². The number of anilines is 2. The fourth-order valence-corrected chi connectivity index (χ4v) is 1.76. The van der Waals surface area contributed by atoms with E-state index in [1.807, 2.05) is 12.1 Å². The van der Waals surface area contributed by atoms with Gasteiger partial charge in [-0.1, -0.05) is 0 Å². The maximum Gasteiger partial charge on any atom is 0.254 e. The first-order valence-corrected chi connectivity index (χ1v) is 6.37. The van der Waals surface area contributed by atoms with Gasteiger partial charge in [-0.2, -0.15) is 0 Å². The Hall–Kier alpha value is -3.02. The molecule has 0 saturated carbocycles. The zero-order valence-corrected chi connectivity index (χ0v) is 11.2. The van der Waals surface area contributed by atoms with E-state index < -0.39 is 0 Å². The summed E-state index contributed by atoms with van der Waals surface area (Å²) in [6, 6.07) is 14.3. The van der Waals surface area contributed by atoms with E-state index in [2.05, 4.69) is 10.2 Å². The van der Waals surface area contributed by atoms with Crippen LogP contribution in [0.2, 0.25) is 0 Å². The molecule has 0 unspecified atom stereocenters. The van der Waals surface area contributed by atoms with Crippen molar-refractivity contribution in [2.75, 3.05) is 11.5 Å². The van der Waals surface area contributed by atoms with E-state index in [4.69, 9.17) is 20.6 Å². The van der Waals surface area contributed by atoms with Crippen molar-refractivity contribution in [1.82, 2.24) is 10.2 Å². The van der Waals surface area contributed by atoms with Crippen LogP contribution in [0, 0.1) is 0 Å². The predicted octanol–water partition coefficient (Wildman–Crippen LogP) is 2.48. The zero-order valence-electron chi connectivity index (χ0n) is 11.2. The standard InChI is InChI=1S/C15H14N4O2/c16-11-3-1-10(2-4-11)15-19-18-14(21-15)9-20-13-7-5-12(17)6-8-13/h1-8H,9,16-17H2. The average Bonchev–Trinajstić information content (AvgIpc) is 2.96. The molecule has 0 atom stereocenters. The summed E-state index contributed by atoms with van der Waals surface area (Å²) in [5.41, 5.74) is 13.4. The Morgan fingerprint density at radius 3 is 2.14 bits per heavy atom. The molecular weight excluding hydrogens is 268 g/mol. The second-order valence-corrected chi connectivity index (χ2v) is 4.48. The van der Waals surface area contributed by atoms with Crippen molar-refractivity contribution in [2.45, 2.75) is 6.61 Å². The highest BCUT2D eigenvalue weighted by atomic mass is 16.5. The Balaban J connectivity index is 1.67. The summed E-state index contributed by atoms with van der Waals surface area (Å²) in [5, 5.41) is 7.94. The number of nitrogen functional groups attached to an aromatic ring is 2. The van der Waals surface area contributed by atoms with Crippen LogP contribution >= 0.6 is 0 Å². The molecule has 0 aliphatic carbocycles. The van der Waals surface area contributed by atoms with Crippen LogP contribution in [0.3, 0.4) is 0 Å². The average molecular weight is 282 g/mol. The Morgan fingerprint density at radius 2 is 1.48 bits per heavy atom. The highest BCUT2D eigenvalue weighted by Crippen LogP contribution is 2.20. The number of ether oxygens (including phenoxy) is 1. The maximum atomic E-state index is 5.64. The number of hydrogen-bond donors (Lipinski definition) is 2. The molecule has 0 amide bonds. The van der Waals surface area contributed by atoms with Gasteiger partial charge in [-0.25, -0.2) is 0 Å². The molecule has 2 aromatic carbocycles. The first-order valence-electron chi connectivity index (χ1n) is 6.37. The number of nitrogens with two attached hydrogens (primary N) is 2. The van der Waals surface area contributed by atoms with Crippen LogP contribution in [0.15, 0.2) is 52.9 Å². The topological polar surface area (TPSA) is 100 Å². The van der Waals surface area contributed by atoms with Gasteiger partial charge >= 0.3 is 0 Å². The first-order chi connectivity index (χ1) is 10.2. The van der Waals surface area contributed by atoms with Gasteiger partial charge in [0.05, 0.1) is 0 Å². The normalized spacial score (nSPS) is 10.5. The molecule has 0 spiro atoms. The molecule has 1 heterocycles. The summed E-state index contributed by atoms with van der Waals surface area (Å²) in [5.74, 6) is 1.53. The molecule has 0 fully saturated rings. The van der Waals surface area contributed by atoms with E-state index in [0.29, 0.717) is 28.9 Å². The lowest BCUT2D eigenvalue weighted by molar-refractivity contribution is 0.264. The molecule has 3 rings (SSSR count). The van der Waals surface area contributed by atoms with E-state index in [0.717, 1.165) is 5.56 Å². The SMILES string of the molecule is Nc1ccc(OCc2nnc(-c3ccc(N)cc3)o2)cc1. The summed E-state index contributed by atoms with van der Waals surface area (Å²) in [6.45, 7) is 0.200. The molecule has 6 heteroatoms. The van der Waals surface area contributed by atoms with Crippen LogP contribution in [0.5, 0.6) is 5.75 Å². The van der Waals surface area contributed by atoms with E-state index >= 15 is 0 Å². The molecule has 3 aromatic rings. The first kappa shape index (κ1) is 13.0. The molecule has 0 radical (unpaired) electrons. The fraction of sp³-hybridized carbons (Fsp3) is 0.0667. The molecule has 0 saturated heterocycles. The summed E-state index contributed by atoms with van der Waals surface area (Å²) in [4.78, 5) is 0. The Bertz CT molecular complexity index is 720. The van der Waals surface area contributed by atoms with Gasteiger partial charge in [-0.05, 0) is 48.5 Å². The molecule has 1 aromatic heterocycles. The highest BCUT2D eigenvalue weighted by Gasteiger charge is 2.09. The van der Waals surface area contributed by atoms with Gasteiger partial charge in [0.2, 0.25) is 5.89 Å². The minimum Gasteiger partial charge on any atom is -0.484 e. The number of benzene rings is 2. The van der Waals surface area contributed by atoms with Crippen LogP contribution in [0.25, 0.3) is 11.5 Å². The van der Waals surface area contributed by atoms with Gasteiger partial charge in [0, 0.05) is 16.9 Å². The van der Waals surface area contributed by atoms with Gasteiger partial charge in [-0.3, -0.25) is 0 Å². The molecule has 21 heavy (non-hydrogen) atoms. The molecular formula is C15H14N4O2. The van der Waals surface area contributed by atoms with Crippen LogP contribution < -0.4 is 16.2 Å². The summed E-state index contributed by atoms with van der Waals surface area (Å²) < 4.78 is 11.1. The molecule has 0 bridgehead atoms. The number of aromatic nitrogens is 2. The summed E-state index contributed by atoms with van der Waals surface area (Å²) in [6.07, 6.45) is 0. The Morgan fingerprint density at radius 1 is 0.857 bits per heavy atom. The van der Waals surface area contributed by atoms with Crippen molar-refractivity contribution in [3.63, 3.8) is 0 Å². The third-order valence-electron chi connectivity index (χ3n) is 2.87. The van der Waals surface area contributed by atoms with Crippen molar-refractivity contribution in [1.29, 1.82) is 0 Å². The van der Waals surface area contributed by atoms with Crippen molar-refractivity contribution < 1.29 is 9.15 Å². The fourth-order valence-electron chi connectivity index (χ4n) is 1.76. The van der Waals surface area contributed by atoms with Crippen molar-refractivity contribution >= 4 is 11.4 Å². The highest BCUT2D eigenvalue weighted by molar-refractivity contribution is 5.56. The van der Waals surface area contributed by atoms with Crippen LogP contribution in [-0.4, -0.2) is 10.2 Å². The zero-order chi connectivity index (χ0) is 14.7. The van der Waals surface area contributed by atoms with E-state index in [-0.39, 0.29) is 6.61 Å². The van der Waals surface area contributed by atoms with E-state index in [1.165, 1.54) is 0 Å². The minimum atomic E-state index is 0.200. The quantitative estimate of drug-likeness (QED) is 0.713. The molecule has 6 nitrogen and oxygen atoms in total. The lowest BCUT2D eigenvalue weighted by Crippen LogP contribution is -1.95.